The summed E-state index contributed by atoms with van der Waals surface area (Å²) in [7, 11) is 0.664. The van der Waals surface area contributed by atoms with Gasteiger partial charge in [0.2, 0.25) is 10.0 Å². The van der Waals surface area contributed by atoms with E-state index in [-0.39, 0.29) is 22.9 Å². The third-order valence-electron chi connectivity index (χ3n) is 3.36. The molecule has 1 aromatic heterocycles. The minimum Gasteiger partial charge on any atom is -0.480 e. The second-order valence-corrected chi connectivity index (χ2v) is 7.24. The molecule has 9 heteroatoms. The highest BCUT2D eigenvalue weighted by molar-refractivity contribution is 7.89. The van der Waals surface area contributed by atoms with Gasteiger partial charge in [0, 0.05) is 27.3 Å². The lowest BCUT2D eigenvalue weighted by molar-refractivity contribution is -0.139. The molecule has 1 heterocycles. The summed E-state index contributed by atoms with van der Waals surface area (Å²) in [6, 6.07) is 0.0526. The number of amides is 1. The number of unbranched alkanes of at least 4 members (excludes halogenated alkanes) is 1. The molecule has 0 bridgehead atoms. The molecule has 8 nitrogen and oxygen atoms in total. The van der Waals surface area contributed by atoms with Crippen LogP contribution in [0.2, 0.25) is 0 Å². The summed E-state index contributed by atoms with van der Waals surface area (Å²) in [5, 5.41) is 9.14. The number of aliphatic carboxylic acids is 1. The number of aromatic nitrogens is 1. The highest BCUT2D eigenvalue weighted by Gasteiger charge is 2.27. The molecule has 0 spiro atoms. The summed E-state index contributed by atoms with van der Waals surface area (Å²) in [6.07, 6.45) is 2.86. The molecule has 0 saturated carbocycles. The van der Waals surface area contributed by atoms with Gasteiger partial charge < -0.3 is 14.6 Å². The Labute approximate surface area is 136 Å². The number of carbonyl (C=O) groups is 2. The van der Waals surface area contributed by atoms with Gasteiger partial charge in [-0.1, -0.05) is 19.8 Å². The number of nitrogens with one attached hydrogen (secondary N) is 1. The largest absolute Gasteiger partial charge is 0.480 e. The highest BCUT2D eigenvalue weighted by Crippen LogP contribution is 2.16. The molecule has 23 heavy (non-hydrogen) atoms. The van der Waals surface area contributed by atoms with E-state index in [1.807, 2.05) is 6.92 Å². The van der Waals surface area contributed by atoms with Gasteiger partial charge in [-0.15, -0.1) is 0 Å². The molecule has 0 radical (unpaired) electrons. The molecule has 0 aliphatic heterocycles. The first kappa shape index (κ1) is 19.2. The maximum absolute atomic E-state index is 12.4. The maximum atomic E-state index is 12.4. The van der Waals surface area contributed by atoms with Crippen molar-refractivity contribution in [2.24, 2.45) is 7.05 Å². The predicted molar refractivity (Wildman–Crippen MR) is 84.7 cm³/mol. The van der Waals surface area contributed by atoms with Crippen LogP contribution in [0.25, 0.3) is 0 Å². The van der Waals surface area contributed by atoms with Crippen LogP contribution >= 0.6 is 0 Å². The fourth-order valence-corrected chi connectivity index (χ4v) is 3.31. The second-order valence-electron chi connectivity index (χ2n) is 5.53. The molecule has 0 aliphatic rings. The van der Waals surface area contributed by atoms with Crippen LogP contribution in [0.4, 0.5) is 0 Å². The van der Waals surface area contributed by atoms with Crippen molar-refractivity contribution in [1.29, 1.82) is 0 Å². The van der Waals surface area contributed by atoms with E-state index < -0.39 is 22.0 Å². The number of nitrogens with zero attached hydrogens (tertiary/aromatic N) is 2. The van der Waals surface area contributed by atoms with E-state index in [0.29, 0.717) is 6.42 Å². The van der Waals surface area contributed by atoms with Crippen molar-refractivity contribution < 1.29 is 23.1 Å². The van der Waals surface area contributed by atoms with Crippen molar-refractivity contribution in [3.05, 3.63) is 18.0 Å². The number of rotatable bonds is 8. The van der Waals surface area contributed by atoms with Crippen LogP contribution < -0.4 is 4.72 Å². The smallest absolute Gasteiger partial charge is 0.321 e. The standard InChI is InChI=1S/C14H23N3O5S/c1-5-6-7-11(14(19)20)15-23(21,22)10-8-12(17(4)9-10)13(18)16(2)3/h8-9,11,15H,5-7H2,1-4H3,(H,19,20). The fourth-order valence-electron chi connectivity index (χ4n) is 2.02. The number of carbonyl (C=O) groups excluding carboxylic acids is 1. The summed E-state index contributed by atoms with van der Waals surface area (Å²) in [4.78, 5) is 24.4. The normalized spacial score (nSPS) is 12.9. The average Bonchev–Trinajstić information content (AvgIpc) is 2.84. The van der Waals surface area contributed by atoms with Crippen molar-refractivity contribution in [3.63, 3.8) is 0 Å². The Hall–Kier alpha value is -1.87. The molecule has 1 unspecified atom stereocenters. The summed E-state index contributed by atoms with van der Waals surface area (Å²) < 4.78 is 28.3. The van der Waals surface area contributed by atoms with Crippen LogP contribution in [0, 0.1) is 0 Å². The van der Waals surface area contributed by atoms with E-state index in [4.69, 9.17) is 5.11 Å². The van der Waals surface area contributed by atoms with E-state index in [9.17, 15) is 18.0 Å². The van der Waals surface area contributed by atoms with Gasteiger partial charge in [0.05, 0.1) is 0 Å². The Balaban J connectivity index is 3.06. The molecule has 1 aromatic rings. The topological polar surface area (TPSA) is 109 Å². The van der Waals surface area contributed by atoms with Gasteiger partial charge in [-0.2, -0.15) is 4.72 Å². The average molecular weight is 345 g/mol. The van der Waals surface area contributed by atoms with Crippen molar-refractivity contribution in [2.75, 3.05) is 14.1 Å². The summed E-state index contributed by atoms with van der Waals surface area (Å²) in [6.45, 7) is 1.89. The molecule has 2 N–H and O–H groups in total. The molecule has 1 amide bonds. The van der Waals surface area contributed by atoms with Crippen LogP contribution in [-0.2, 0) is 21.9 Å². The molecule has 0 saturated heterocycles. The minimum absolute atomic E-state index is 0.132. The summed E-state index contributed by atoms with van der Waals surface area (Å²) in [5.74, 6) is -1.56. The number of hydrogen-bond donors (Lipinski definition) is 2. The van der Waals surface area contributed by atoms with E-state index in [0.717, 1.165) is 6.42 Å². The first-order chi connectivity index (χ1) is 10.6. The van der Waals surface area contributed by atoms with Gasteiger partial charge in [-0.25, -0.2) is 8.42 Å². The van der Waals surface area contributed by atoms with Crippen molar-refractivity contribution >= 4 is 21.9 Å². The number of hydrogen-bond acceptors (Lipinski definition) is 4. The summed E-state index contributed by atoms with van der Waals surface area (Å²) >= 11 is 0. The molecule has 130 valence electrons. The number of carboxylic acid groups (broad SMARTS) is 1. The van der Waals surface area contributed by atoms with E-state index >= 15 is 0 Å². The zero-order valence-electron chi connectivity index (χ0n) is 13.7. The quantitative estimate of drug-likeness (QED) is 0.719. The van der Waals surface area contributed by atoms with Crippen LogP contribution in [0.5, 0.6) is 0 Å². The van der Waals surface area contributed by atoms with Crippen LogP contribution in [-0.4, -0.2) is 55.0 Å². The van der Waals surface area contributed by atoms with Crippen molar-refractivity contribution in [2.45, 2.75) is 37.1 Å². The van der Waals surface area contributed by atoms with Crippen molar-refractivity contribution in [3.8, 4) is 0 Å². The molecule has 0 aromatic carbocycles. The maximum Gasteiger partial charge on any atom is 0.321 e. The Morgan fingerprint density at radius 1 is 1.39 bits per heavy atom. The van der Waals surface area contributed by atoms with E-state index in [2.05, 4.69) is 4.72 Å². The minimum atomic E-state index is -4.02. The van der Waals surface area contributed by atoms with Gasteiger partial charge in [0.15, 0.2) is 0 Å². The zero-order chi connectivity index (χ0) is 17.8. The van der Waals surface area contributed by atoms with E-state index in [1.165, 1.54) is 21.7 Å². The number of carboxylic acids is 1. The Morgan fingerprint density at radius 3 is 2.48 bits per heavy atom. The van der Waals surface area contributed by atoms with Gasteiger partial charge in [0.25, 0.3) is 5.91 Å². The third-order valence-corrected chi connectivity index (χ3v) is 4.80. The van der Waals surface area contributed by atoms with Gasteiger partial charge in [0.1, 0.15) is 16.6 Å². The van der Waals surface area contributed by atoms with Crippen LogP contribution in [0.1, 0.15) is 36.7 Å². The van der Waals surface area contributed by atoms with Crippen LogP contribution in [0.15, 0.2) is 17.2 Å². The molecule has 0 aliphatic carbocycles. The molecular weight excluding hydrogens is 322 g/mol. The van der Waals surface area contributed by atoms with Gasteiger partial charge in [-0.3, -0.25) is 9.59 Å². The molecular formula is C14H23N3O5S. The predicted octanol–water partition coefficient (Wildman–Crippen LogP) is 0.649. The SMILES string of the molecule is CCCCC(NS(=O)(=O)c1cc(C(=O)N(C)C)n(C)c1)C(=O)O. The lowest BCUT2D eigenvalue weighted by atomic mass is 10.1. The second kappa shape index (κ2) is 7.60. The molecule has 0 fully saturated rings. The monoisotopic (exact) mass is 345 g/mol. The fraction of sp³-hybridized carbons (Fsp3) is 0.571. The Morgan fingerprint density at radius 2 is 2.00 bits per heavy atom. The zero-order valence-corrected chi connectivity index (χ0v) is 14.6. The molecule has 1 rings (SSSR count). The lowest BCUT2D eigenvalue weighted by Crippen LogP contribution is -2.40. The lowest BCUT2D eigenvalue weighted by Gasteiger charge is -2.13. The van der Waals surface area contributed by atoms with Gasteiger partial charge in [-0.05, 0) is 12.5 Å². The Bertz CT molecular complexity index is 679. The Kier molecular flexibility index (Phi) is 6.34. The van der Waals surface area contributed by atoms with E-state index in [1.54, 1.807) is 21.1 Å². The molecule has 1 atom stereocenters. The third kappa shape index (κ3) is 4.80. The first-order valence-corrected chi connectivity index (χ1v) is 8.71. The number of sulfonamides is 1. The van der Waals surface area contributed by atoms with Crippen molar-refractivity contribution in [1.82, 2.24) is 14.2 Å². The van der Waals surface area contributed by atoms with Gasteiger partial charge >= 0.3 is 5.97 Å². The first-order valence-electron chi connectivity index (χ1n) is 7.23. The van der Waals surface area contributed by atoms with Crippen LogP contribution in [0.3, 0.4) is 0 Å². The number of aryl methyl sites for hydroxylation is 1. The highest BCUT2D eigenvalue weighted by atomic mass is 32.2. The summed E-state index contributed by atoms with van der Waals surface area (Å²) in [5.41, 5.74) is 0.204.